The normalized spacial score (nSPS) is 10.3. The first-order valence-corrected chi connectivity index (χ1v) is 6.79. The number of hydrogen-bond donors (Lipinski definition) is 1. The van der Waals surface area contributed by atoms with Gasteiger partial charge in [-0.2, -0.15) is 0 Å². The summed E-state index contributed by atoms with van der Waals surface area (Å²) in [6.07, 6.45) is 0.0532. The predicted octanol–water partition coefficient (Wildman–Crippen LogP) is 3.27. The molecule has 7 heteroatoms. The van der Waals surface area contributed by atoms with Crippen LogP contribution in [0.25, 0.3) is 0 Å². The third kappa shape index (κ3) is 3.51. The maximum atomic E-state index is 13.5. The Morgan fingerprint density at radius 2 is 2.25 bits per heavy atom. The Labute approximate surface area is 118 Å². The highest BCUT2D eigenvalue weighted by molar-refractivity contribution is 7.13. The van der Waals surface area contributed by atoms with Crippen LogP contribution in [0.15, 0.2) is 23.6 Å². The van der Waals surface area contributed by atoms with Crippen molar-refractivity contribution < 1.29 is 18.3 Å². The molecule has 0 atom stereocenters. The van der Waals surface area contributed by atoms with E-state index in [1.165, 1.54) is 23.5 Å². The molecular formula is C13H12F2N2O2S. The number of ether oxygens (including phenoxy) is 1. The molecule has 0 aliphatic rings. The number of anilines is 2. The van der Waals surface area contributed by atoms with Gasteiger partial charge in [0.25, 0.3) is 0 Å². The van der Waals surface area contributed by atoms with E-state index >= 15 is 0 Å². The predicted molar refractivity (Wildman–Crippen MR) is 72.1 cm³/mol. The van der Waals surface area contributed by atoms with Gasteiger partial charge in [0.15, 0.2) is 16.8 Å². The molecule has 106 valence electrons. The zero-order valence-corrected chi connectivity index (χ0v) is 11.5. The second kappa shape index (κ2) is 6.42. The first-order valence-electron chi connectivity index (χ1n) is 5.91. The van der Waals surface area contributed by atoms with Crippen LogP contribution in [0.5, 0.6) is 0 Å². The Balaban J connectivity index is 2.06. The van der Waals surface area contributed by atoms with Gasteiger partial charge in [0.2, 0.25) is 0 Å². The Morgan fingerprint density at radius 1 is 1.45 bits per heavy atom. The Kier molecular flexibility index (Phi) is 4.62. The van der Waals surface area contributed by atoms with E-state index < -0.39 is 11.6 Å². The Hall–Kier alpha value is -2.02. The number of esters is 1. The minimum Gasteiger partial charge on any atom is -0.466 e. The molecule has 0 aliphatic carbocycles. The van der Waals surface area contributed by atoms with Crippen molar-refractivity contribution in [1.29, 1.82) is 0 Å². The van der Waals surface area contributed by atoms with Crippen LogP contribution in [-0.2, 0) is 16.0 Å². The van der Waals surface area contributed by atoms with Crippen LogP contribution in [-0.4, -0.2) is 17.6 Å². The fourth-order valence-corrected chi connectivity index (χ4v) is 2.24. The molecule has 0 bridgehead atoms. The molecule has 1 aromatic heterocycles. The Bertz CT molecular complexity index is 616. The summed E-state index contributed by atoms with van der Waals surface area (Å²) in [6, 6.07) is 3.84. The molecule has 20 heavy (non-hydrogen) atoms. The van der Waals surface area contributed by atoms with Crippen molar-refractivity contribution in [3.8, 4) is 0 Å². The topological polar surface area (TPSA) is 51.2 Å². The second-order valence-corrected chi connectivity index (χ2v) is 4.71. The van der Waals surface area contributed by atoms with Crippen molar-refractivity contribution in [2.75, 3.05) is 11.9 Å². The second-order valence-electron chi connectivity index (χ2n) is 3.85. The van der Waals surface area contributed by atoms with Crippen LogP contribution in [0.4, 0.5) is 19.6 Å². The summed E-state index contributed by atoms with van der Waals surface area (Å²) < 4.78 is 31.3. The van der Waals surface area contributed by atoms with Gasteiger partial charge in [0, 0.05) is 5.38 Å². The van der Waals surface area contributed by atoms with Gasteiger partial charge in [-0.15, -0.1) is 11.3 Å². The zero-order chi connectivity index (χ0) is 14.5. The third-order valence-corrected chi connectivity index (χ3v) is 3.18. The lowest BCUT2D eigenvalue weighted by Gasteiger charge is -2.04. The van der Waals surface area contributed by atoms with Crippen molar-refractivity contribution in [2.24, 2.45) is 0 Å². The number of nitrogens with one attached hydrogen (secondary N) is 1. The lowest BCUT2D eigenvalue weighted by Crippen LogP contribution is -2.07. The van der Waals surface area contributed by atoms with Crippen LogP contribution in [0.2, 0.25) is 0 Å². The van der Waals surface area contributed by atoms with Gasteiger partial charge in [-0.05, 0) is 19.1 Å². The van der Waals surface area contributed by atoms with Gasteiger partial charge in [-0.1, -0.05) is 6.07 Å². The molecule has 0 saturated carbocycles. The monoisotopic (exact) mass is 298 g/mol. The van der Waals surface area contributed by atoms with E-state index in [4.69, 9.17) is 4.74 Å². The third-order valence-electron chi connectivity index (χ3n) is 2.38. The standard InChI is InChI=1S/C13H12F2N2O2S/c1-2-19-11(18)6-8-7-20-13(16-8)17-10-5-3-4-9(14)12(10)15/h3-5,7H,2,6H2,1H3,(H,16,17). The quantitative estimate of drug-likeness (QED) is 0.861. The molecule has 0 amide bonds. The molecule has 0 saturated heterocycles. The van der Waals surface area contributed by atoms with Gasteiger partial charge in [-0.3, -0.25) is 4.79 Å². The highest BCUT2D eigenvalue weighted by atomic mass is 32.1. The van der Waals surface area contributed by atoms with Crippen LogP contribution in [0.1, 0.15) is 12.6 Å². The molecule has 2 rings (SSSR count). The lowest BCUT2D eigenvalue weighted by molar-refractivity contribution is -0.142. The molecule has 0 aliphatic heterocycles. The van der Waals surface area contributed by atoms with Crippen molar-refractivity contribution in [3.05, 3.63) is 40.9 Å². The smallest absolute Gasteiger partial charge is 0.311 e. The number of carbonyl (C=O) groups is 1. The zero-order valence-electron chi connectivity index (χ0n) is 10.7. The number of halogens is 2. The number of aromatic nitrogens is 1. The lowest BCUT2D eigenvalue weighted by atomic mass is 10.3. The van der Waals surface area contributed by atoms with Crippen LogP contribution >= 0.6 is 11.3 Å². The number of hydrogen-bond acceptors (Lipinski definition) is 5. The molecule has 0 radical (unpaired) electrons. The van der Waals surface area contributed by atoms with Crippen molar-refractivity contribution >= 4 is 28.1 Å². The van der Waals surface area contributed by atoms with E-state index in [1.807, 2.05) is 0 Å². The average molecular weight is 298 g/mol. The van der Waals surface area contributed by atoms with Crippen molar-refractivity contribution in [2.45, 2.75) is 13.3 Å². The SMILES string of the molecule is CCOC(=O)Cc1csc(Nc2cccc(F)c2F)n1. The molecule has 1 heterocycles. The summed E-state index contributed by atoms with van der Waals surface area (Å²) >= 11 is 1.20. The maximum Gasteiger partial charge on any atom is 0.311 e. The van der Waals surface area contributed by atoms with Crippen LogP contribution in [0.3, 0.4) is 0 Å². The number of nitrogens with zero attached hydrogens (tertiary/aromatic N) is 1. The highest BCUT2D eigenvalue weighted by Gasteiger charge is 2.11. The van der Waals surface area contributed by atoms with Gasteiger partial charge in [0.1, 0.15) is 0 Å². The van der Waals surface area contributed by atoms with E-state index in [9.17, 15) is 13.6 Å². The number of rotatable bonds is 5. The summed E-state index contributed by atoms with van der Waals surface area (Å²) in [6.45, 7) is 2.03. The molecular weight excluding hydrogens is 286 g/mol. The highest BCUT2D eigenvalue weighted by Crippen LogP contribution is 2.24. The van der Waals surface area contributed by atoms with Crippen molar-refractivity contribution in [1.82, 2.24) is 4.98 Å². The Morgan fingerprint density at radius 3 is 3.00 bits per heavy atom. The van der Waals surface area contributed by atoms with Gasteiger partial charge in [-0.25, -0.2) is 13.8 Å². The fourth-order valence-electron chi connectivity index (χ4n) is 1.52. The molecule has 4 nitrogen and oxygen atoms in total. The van der Waals surface area contributed by atoms with Crippen LogP contribution < -0.4 is 5.32 Å². The van der Waals surface area contributed by atoms with Crippen LogP contribution in [0, 0.1) is 11.6 Å². The number of benzene rings is 1. The average Bonchev–Trinajstić information content (AvgIpc) is 2.82. The van der Waals surface area contributed by atoms with E-state index in [0.717, 1.165) is 6.07 Å². The summed E-state index contributed by atoms with van der Waals surface area (Å²) in [5.74, 6) is -2.27. The molecule has 0 unspecified atom stereocenters. The maximum absolute atomic E-state index is 13.5. The van der Waals surface area contributed by atoms with Crippen molar-refractivity contribution in [3.63, 3.8) is 0 Å². The van der Waals surface area contributed by atoms with E-state index in [1.54, 1.807) is 12.3 Å². The largest absolute Gasteiger partial charge is 0.466 e. The number of carbonyl (C=O) groups excluding carboxylic acids is 1. The first-order chi connectivity index (χ1) is 9.60. The molecule has 1 aromatic carbocycles. The summed E-state index contributed by atoms with van der Waals surface area (Å²) in [7, 11) is 0. The summed E-state index contributed by atoms with van der Waals surface area (Å²) in [5, 5.41) is 4.73. The van der Waals surface area contributed by atoms with E-state index in [0.29, 0.717) is 17.4 Å². The van der Waals surface area contributed by atoms with E-state index in [2.05, 4.69) is 10.3 Å². The first kappa shape index (κ1) is 14.4. The molecule has 1 N–H and O–H groups in total. The summed E-state index contributed by atoms with van der Waals surface area (Å²) in [4.78, 5) is 15.4. The molecule has 0 spiro atoms. The number of thiazole rings is 1. The fraction of sp³-hybridized carbons (Fsp3) is 0.231. The minimum absolute atomic E-state index is 0.00188. The molecule has 0 fully saturated rings. The molecule has 2 aromatic rings. The van der Waals surface area contributed by atoms with Gasteiger partial charge in [0.05, 0.1) is 24.4 Å². The van der Waals surface area contributed by atoms with E-state index in [-0.39, 0.29) is 18.1 Å². The van der Waals surface area contributed by atoms with Gasteiger partial charge >= 0.3 is 5.97 Å². The van der Waals surface area contributed by atoms with Gasteiger partial charge < -0.3 is 10.1 Å². The summed E-state index contributed by atoms with van der Waals surface area (Å²) in [5.41, 5.74) is 0.523. The minimum atomic E-state index is -0.963.